The number of aromatic nitrogens is 1. The number of halogens is 1. The summed E-state index contributed by atoms with van der Waals surface area (Å²) in [6.07, 6.45) is 5.00. The number of fused-ring (bicyclic) bond motifs is 1. The predicted octanol–water partition coefficient (Wildman–Crippen LogP) is 2.55. The van der Waals surface area contributed by atoms with Gasteiger partial charge in [0.05, 0.1) is 18.1 Å². The monoisotopic (exact) mass is 379 g/mol. The van der Waals surface area contributed by atoms with Crippen LogP contribution in [0.1, 0.15) is 34.5 Å². The highest BCUT2D eigenvalue weighted by Crippen LogP contribution is 2.27. The molecule has 1 aliphatic rings. The molecule has 0 radical (unpaired) electrons. The van der Waals surface area contributed by atoms with E-state index in [4.69, 9.17) is 11.6 Å². The summed E-state index contributed by atoms with van der Waals surface area (Å²) in [6, 6.07) is 6.60. The molecule has 3 rings (SSSR count). The summed E-state index contributed by atoms with van der Waals surface area (Å²) >= 11 is 6.00. The standard InChI is InChI=1S/C17H18ClN3O3S/c1-11(20-25(2,23)24)13-8-15(10-19-9-13)21-6-5-12-7-14(18)3-4-16(12)17(21)22/h3-4,7-11,20H,5-6H2,1-2H3. The first kappa shape index (κ1) is 17.8. The van der Waals surface area contributed by atoms with Crippen LogP contribution in [-0.2, 0) is 16.4 Å². The van der Waals surface area contributed by atoms with Gasteiger partial charge >= 0.3 is 0 Å². The second-order valence-corrected chi connectivity index (χ2v) is 8.31. The minimum Gasteiger partial charge on any atom is -0.306 e. The molecule has 0 spiro atoms. The van der Waals surface area contributed by atoms with E-state index in [1.807, 2.05) is 6.07 Å². The first-order chi connectivity index (χ1) is 11.7. The molecule has 6 nitrogen and oxygen atoms in total. The van der Waals surface area contributed by atoms with Crippen LogP contribution in [0.2, 0.25) is 5.02 Å². The zero-order valence-corrected chi connectivity index (χ0v) is 15.4. The van der Waals surface area contributed by atoms with Crippen molar-refractivity contribution in [2.45, 2.75) is 19.4 Å². The summed E-state index contributed by atoms with van der Waals surface area (Å²) in [5.74, 6) is -0.111. The highest BCUT2D eigenvalue weighted by Gasteiger charge is 2.26. The molecule has 2 heterocycles. The number of nitrogens with zero attached hydrogens (tertiary/aromatic N) is 2. The molecule has 2 aromatic rings. The predicted molar refractivity (Wildman–Crippen MR) is 97.5 cm³/mol. The Hall–Kier alpha value is -1.96. The molecule has 0 saturated heterocycles. The molecule has 8 heteroatoms. The summed E-state index contributed by atoms with van der Waals surface area (Å²) in [4.78, 5) is 18.6. The maximum absolute atomic E-state index is 12.8. The van der Waals surface area contributed by atoms with Gasteiger partial charge in [-0.2, -0.15) is 0 Å². The molecule has 1 aromatic heterocycles. The van der Waals surface area contributed by atoms with E-state index in [1.54, 1.807) is 42.4 Å². The maximum Gasteiger partial charge on any atom is 0.258 e. The van der Waals surface area contributed by atoms with Crippen molar-refractivity contribution < 1.29 is 13.2 Å². The van der Waals surface area contributed by atoms with Gasteiger partial charge < -0.3 is 4.90 Å². The van der Waals surface area contributed by atoms with Crippen LogP contribution in [0.25, 0.3) is 0 Å². The number of carbonyl (C=O) groups is 1. The van der Waals surface area contributed by atoms with Crippen LogP contribution < -0.4 is 9.62 Å². The number of pyridine rings is 1. The Balaban J connectivity index is 1.89. The number of benzene rings is 1. The summed E-state index contributed by atoms with van der Waals surface area (Å²) in [7, 11) is -3.33. The Morgan fingerprint density at radius 2 is 2.04 bits per heavy atom. The molecule has 0 bridgehead atoms. The number of anilines is 1. The molecule has 25 heavy (non-hydrogen) atoms. The number of amides is 1. The van der Waals surface area contributed by atoms with E-state index in [1.165, 1.54) is 0 Å². The second kappa shape index (κ2) is 6.74. The number of hydrogen-bond donors (Lipinski definition) is 1. The Kier molecular flexibility index (Phi) is 4.81. The molecule has 1 aromatic carbocycles. The Morgan fingerprint density at radius 3 is 2.76 bits per heavy atom. The van der Waals surface area contributed by atoms with E-state index in [2.05, 4.69) is 9.71 Å². The van der Waals surface area contributed by atoms with Gasteiger partial charge in [0.1, 0.15) is 0 Å². The van der Waals surface area contributed by atoms with Gasteiger partial charge in [0, 0.05) is 29.4 Å². The van der Waals surface area contributed by atoms with Gasteiger partial charge in [-0.15, -0.1) is 0 Å². The van der Waals surface area contributed by atoms with Crippen LogP contribution in [0, 0.1) is 0 Å². The summed E-state index contributed by atoms with van der Waals surface area (Å²) in [6.45, 7) is 2.25. The van der Waals surface area contributed by atoms with Crippen molar-refractivity contribution in [3.8, 4) is 0 Å². The van der Waals surface area contributed by atoms with Crippen molar-refractivity contribution in [1.29, 1.82) is 0 Å². The van der Waals surface area contributed by atoms with Crippen LogP contribution in [0.15, 0.2) is 36.7 Å². The minimum absolute atomic E-state index is 0.111. The van der Waals surface area contributed by atoms with Crippen LogP contribution in [0.3, 0.4) is 0 Å². The van der Waals surface area contributed by atoms with Crippen molar-refractivity contribution in [3.05, 3.63) is 58.4 Å². The molecule has 1 aliphatic heterocycles. The lowest BCUT2D eigenvalue weighted by Gasteiger charge is -2.29. The third-order valence-corrected chi connectivity index (χ3v) is 5.11. The van der Waals surface area contributed by atoms with Crippen molar-refractivity contribution in [3.63, 3.8) is 0 Å². The fourth-order valence-corrected chi connectivity index (χ4v) is 3.89. The van der Waals surface area contributed by atoms with Gasteiger partial charge in [-0.3, -0.25) is 9.78 Å². The largest absolute Gasteiger partial charge is 0.306 e. The molecule has 1 N–H and O–H groups in total. The van der Waals surface area contributed by atoms with Crippen LogP contribution in [0.4, 0.5) is 5.69 Å². The quantitative estimate of drug-likeness (QED) is 0.885. The van der Waals surface area contributed by atoms with Gasteiger partial charge in [-0.05, 0) is 48.7 Å². The highest BCUT2D eigenvalue weighted by molar-refractivity contribution is 7.88. The lowest BCUT2D eigenvalue weighted by molar-refractivity contribution is 0.0980. The van der Waals surface area contributed by atoms with Gasteiger partial charge in [0.2, 0.25) is 10.0 Å². The molecule has 1 amide bonds. The topological polar surface area (TPSA) is 79.4 Å². The summed E-state index contributed by atoms with van der Waals surface area (Å²) in [5.41, 5.74) is 2.90. The van der Waals surface area contributed by atoms with Crippen molar-refractivity contribution in [2.75, 3.05) is 17.7 Å². The number of rotatable bonds is 4. The SMILES string of the molecule is CC(NS(C)(=O)=O)c1cncc(N2CCc3cc(Cl)ccc3C2=O)c1. The number of sulfonamides is 1. The zero-order valence-electron chi connectivity index (χ0n) is 13.9. The van der Waals surface area contributed by atoms with E-state index in [0.29, 0.717) is 34.8 Å². The van der Waals surface area contributed by atoms with E-state index in [0.717, 1.165) is 11.8 Å². The minimum atomic E-state index is -3.33. The fraction of sp³-hybridized carbons (Fsp3) is 0.294. The number of nitrogens with one attached hydrogen (secondary N) is 1. The molecule has 1 atom stereocenters. The number of hydrogen-bond acceptors (Lipinski definition) is 4. The van der Waals surface area contributed by atoms with E-state index < -0.39 is 16.1 Å². The lowest BCUT2D eigenvalue weighted by atomic mass is 9.98. The second-order valence-electron chi connectivity index (χ2n) is 6.10. The fourth-order valence-electron chi connectivity index (χ4n) is 2.92. The maximum atomic E-state index is 12.8. The third kappa shape index (κ3) is 4.00. The lowest BCUT2D eigenvalue weighted by Crippen LogP contribution is -2.37. The van der Waals surface area contributed by atoms with E-state index in [-0.39, 0.29) is 5.91 Å². The highest BCUT2D eigenvalue weighted by atomic mass is 35.5. The van der Waals surface area contributed by atoms with E-state index in [9.17, 15) is 13.2 Å². The number of carbonyl (C=O) groups excluding carboxylic acids is 1. The normalized spacial score (nSPS) is 15.8. The average molecular weight is 380 g/mol. The average Bonchev–Trinajstić information content (AvgIpc) is 2.53. The summed E-state index contributed by atoms with van der Waals surface area (Å²) in [5, 5.41) is 0.615. The van der Waals surface area contributed by atoms with Gasteiger partial charge in [-0.25, -0.2) is 13.1 Å². The smallest absolute Gasteiger partial charge is 0.258 e. The summed E-state index contributed by atoms with van der Waals surface area (Å²) < 4.78 is 25.3. The molecule has 1 unspecified atom stereocenters. The third-order valence-electron chi connectivity index (χ3n) is 4.10. The Bertz CT molecular complexity index is 930. The molecule has 0 fully saturated rings. The molecule has 0 aliphatic carbocycles. The first-order valence-electron chi connectivity index (χ1n) is 7.77. The first-order valence-corrected chi connectivity index (χ1v) is 10.0. The van der Waals surface area contributed by atoms with Crippen LogP contribution in [0.5, 0.6) is 0 Å². The molecule has 0 saturated carbocycles. The van der Waals surface area contributed by atoms with Gasteiger partial charge in [-0.1, -0.05) is 11.6 Å². The van der Waals surface area contributed by atoms with Crippen molar-refractivity contribution >= 4 is 33.2 Å². The Morgan fingerprint density at radius 1 is 1.28 bits per heavy atom. The van der Waals surface area contributed by atoms with Gasteiger partial charge in [0.25, 0.3) is 5.91 Å². The molecular weight excluding hydrogens is 362 g/mol. The Labute approximate surface area is 151 Å². The van der Waals surface area contributed by atoms with Crippen molar-refractivity contribution in [2.24, 2.45) is 0 Å². The molecule has 132 valence electrons. The van der Waals surface area contributed by atoms with Crippen LogP contribution in [-0.4, -0.2) is 32.1 Å². The zero-order chi connectivity index (χ0) is 18.2. The van der Waals surface area contributed by atoms with Crippen LogP contribution >= 0.6 is 11.6 Å². The molecular formula is C17H18ClN3O3S. The van der Waals surface area contributed by atoms with Gasteiger partial charge in [0.15, 0.2) is 0 Å². The van der Waals surface area contributed by atoms with Crippen molar-refractivity contribution in [1.82, 2.24) is 9.71 Å². The van der Waals surface area contributed by atoms with E-state index >= 15 is 0 Å².